The number of carbonyl (C=O) groups is 2. The van der Waals surface area contributed by atoms with Crippen LogP contribution in [0.4, 0.5) is 11.4 Å². The Balaban J connectivity index is 2.31. The number of hydrogen-bond donors (Lipinski definition) is 3. The lowest BCUT2D eigenvalue weighted by atomic mass is 10.1. The van der Waals surface area contributed by atoms with Crippen molar-refractivity contribution in [1.82, 2.24) is 9.97 Å². The predicted octanol–water partition coefficient (Wildman–Crippen LogP) is 1.01. The maximum atomic E-state index is 11.9. The van der Waals surface area contributed by atoms with Gasteiger partial charge in [-0.3, -0.25) is 4.79 Å². The van der Waals surface area contributed by atoms with E-state index in [0.29, 0.717) is 5.69 Å². The number of anilines is 2. The molecule has 19 heavy (non-hydrogen) atoms. The van der Waals surface area contributed by atoms with E-state index in [-0.39, 0.29) is 16.8 Å². The molecule has 0 bridgehead atoms. The number of hydrogen-bond acceptors (Lipinski definition) is 5. The highest BCUT2D eigenvalue weighted by atomic mass is 16.4. The Bertz CT molecular complexity index is 628. The monoisotopic (exact) mass is 258 g/mol. The van der Waals surface area contributed by atoms with Gasteiger partial charge in [-0.25, -0.2) is 14.8 Å². The second kappa shape index (κ2) is 5.13. The highest BCUT2D eigenvalue weighted by Crippen LogP contribution is 2.20. The van der Waals surface area contributed by atoms with Crippen LogP contribution in [0, 0.1) is 0 Å². The van der Waals surface area contributed by atoms with Crippen LogP contribution < -0.4 is 11.1 Å². The van der Waals surface area contributed by atoms with Crippen molar-refractivity contribution in [2.24, 2.45) is 0 Å². The van der Waals surface area contributed by atoms with Crippen molar-refractivity contribution in [2.45, 2.75) is 0 Å². The maximum Gasteiger partial charge on any atom is 0.337 e. The summed E-state index contributed by atoms with van der Waals surface area (Å²) in [7, 11) is 0. The van der Waals surface area contributed by atoms with Crippen molar-refractivity contribution in [3.05, 3.63) is 48.0 Å². The number of carboxylic acid groups (broad SMARTS) is 1. The minimum atomic E-state index is -1.15. The number of aromatic nitrogens is 2. The summed E-state index contributed by atoms with van der Waals surface area (Å²) in [5.41, 5.74) is 6.23. The highest BCUT2D eigenvalue weighted by molar-refractivity contribution is 6.07. The zero-order valence-corrected chi connectivity index (χ0v) is 9.70. The topological polar surface area (TPSA) is 118 Å². The minimum Gasteiger partial charge on any atom is -0.478 e. The van der Waals surface area contributed by atoms with Gasteiger partial charge < -0.3 is 16.2 Å². The van der Waals surface area contributed by atoms with Gasteiger partial charge in [0, 0.05) is 18.1 Å². The molecule has 0 aliphatic heterocycles. The van der Waals surface area contributed by atoms with Crippen LogP contribution in [-0.4, -0.2) is 27.0 Å². The van der Waals surface area contributed by atoms with Crippen molar-refractivity contribution < 1.29 is 14.7 Å². The van der Waals surface area contributed by atoms with Gasteiger partial charge in [0.2, 0.25) is 0 Å². The summed E-state index contributed by atoms with van der Waals surface area (Å²) < 4.78 is 0. The van der Waals surface area contributed by atoms with Crippen molar-refractivity contribution in [2.75, 3.05) is 11.1 Å². The Morgan fingerprint density at radius 2 is 1.89 bits per heavy atom. The van der Waals surface area contributed by atoms with Gasteiger partial charge in [0.25, 0.3) is 5.91 Å². The van der Waals surface area contributed by atoms with E-state index in [2.05, 4.69) is 15.3 Å². The molecule has 7 nitrogen and oxygen atoms in total. The van der Waals surface area contributed by atoms with E-state index in [9.17, 15) is 9.59 Å². The second-order valence-electron chi connectivity index (χ2n) is 3.69. The van der Waals surface area contributed by atoms with Crippen LogP contribution in [0.1, 0.15) is 20.7 Å². The molecule has 1 heterocycles. The molecule has 2 aromatic rings. The fraction of sp³-hybridized carbons (Fsp3) is 0. The fourth-order valence-corrected chi connectivity index (χ4v) is 1.46. The van der Waals surface area contributed by atoms with E-state index in [1.807, 2.05) is 0 Å². The Hall–Kier alpha value is -2.96. The first-order valence-corrected chi connectivity index (χ1v) is 5.27. The lowest BCUT2D eigenvalue weighted by Gasteiger charge is -2.08. The molecular weight excluding hydrogens is 248 g/mol. The molecule has 96 valence electrons. The summed E-state index contributed by atoms with van der Waals surface area (Å²) in [5.74, 6) is -1.66. The smallest absolute Gasteiger partial charge is 0.337 e. The first kappa shape index (κ1) is 12.5. The lowest BCUT2D eigenvalue weighted by molar-refractivity contribution is 0.0698. The summed E-state index contributed by atoms with van der Waals surface area (Å²) in [5, 5.41) is 11.5. The Labute approximate surface area is 108 Å². The molecule has 0 fully saturated rings. The summed E-state index contributed by atoms with van der Waals surface area (Å²) in [6.07, 6.45) is 3.95. The van der Waals surface area contributed by atoms with Crippen LogP contribution in [0.25, 0.3) is 0 Å². The molecule has 4 N–H and O–H groups in total. The molecule has 0 radical (unpaired) electrons. The van der Waals surface area contributed by atoms with Crippen LogP contribution in [0.2, 0.25) is 0 Å². The zero-order chi connectivity index (χ0) is 13.8. The third kappa shape index (κ3) is 2.83. The second-order valence-corrected chi connectivity index (χ2v) is 3.69. The molecule has 2 rings (SSSR count). The first-order chi connectivity index (χ1) is 9.08. The molecule has 1 amide bonds. The SMILES string of the molecule is Nc1ccc(C(=O)O)c(NC(=O)c2cncnc2)c1. The Morgan fingerprint density at radius 1 is 1.21 bits per heavy atom. The largest absolute Gasteiger partial charge is 0.478 e. The van der Waals surface area contributed by atoms with Gasteiger partial charge in [-0.15, -0.1) is 0 Å². The molecule has 0 saturated carbocycles. The third-order valence-electron chi connectivity index (χ3n) is 2.34. The number of carboxylic acids is 1. The maximum absolute atomic E-state index is 11.9. The first-order valence-electron chi connectivity index (χ1n) is 5.27. The van der Waals surface area contributed by atoms with Gasteiger partial charge in [0.1, 0.15) is 6.33 Å². The molecule has 0 aliphatic rings. The molecule has 1 aromatic carbocycles. The van der Waals surface area contributed by atoms with E-state index in [1.165, 1.54) is 36.9 Å². The zero-order valence-electron chi connectivity index (χ0n) is 9.70. The number of nitrogen functional groups attached to an aromatic ring is 1. The number of nitrogens with two attached hydrogens (primary N) is 1. The van der Waals surface area contributed by atoms with Gasteiger partial charge in [-0.2, -0.15) is 0 Å². The van der Waals surface area contributed by atoms with E-state index >= 15 is 0 Å². The highest BCUT2D eigenvalue weighted by Gasteiger charge is 2.14. The van der Waals surface area contributed by atoms with Crippen molar-refractivity contribution >= 4 is 23.3 Å². The standard InChI is InChI=1S/C12H10N4O3/c13-8-1-2-9(12(18)19)10(3-8)16-11(17)7-4-14-6-15-5-7/h1-6H,13H2,(H,16,17)(H,18,19). The molecule has 7 heteroatoms. The number of amides is 1. The number of carbonyl (C=O) groups excluding carboxylic acids is 1. The Kier molecular flexibility index (Phi) is 3.37. The van der Waals surface area contributed by atoms with Crippen molar-refractivity contribution in [1.29, 1.82) is 0 Å². The average molecular weight is 258 g/mol. The van der Waals surface area contributed by atoms with Crippen LogP contribution in [0.3, 0.4) is 0 Å². The molecule has 0 unspecified atom stereocenters. The predicted molar refractivity (Wildman–Crippen MR) is 67.8 cm³/mol. The number of rotatable bonds is 3. The van der Waals surface area contributed by atoms with Gasteiger partial charge in [0.15, 0.2) is 0 Å². The van der Waals surface area contributed by atoms with Crippen LogP contribution in [-0.2, 0) is 0 Å². The summed E-state index contributed by atoms with van der Waals surface area (Å²) >= 11 is 0. The summed E-state index contributed by atoms with van der Waals surface area (Å²) in [4.78, 5) is 30.3. The van der Waals surface area contributed by atoms with Gasteiger partial charge in [-0.1, -0.05) is 0 Å². The van der Waals surface area contributed by atoms with E-state index in [1.54, 1.807) is 0 Å². The minimum absolute atomic E-state index is 0.0422. The molecular formula is C12H10N4O3. The van der Waals surface area contributed by atoms with Gasteiger partial charge in [-0.05, 0) is 18.2 Å². The van der Waals surface area contributed by atoms with Crippen molar-refractivity contribution in [3.8, 4) is 0 Å². The molecule has 0 saturated heterocycles. The Morgan fingerprint density at radius 3 is 2.53 bits per heavy atom. The van der Waals surface area contributed by atoms with Crippen LogP contribution >= 0.6 is 0 Å². The molecule has 0 aliphatic carbocycles. The number of nitrogens with zero attached hydrogens (tertiary/aromatic N) is 2. The number of aromatic carboxylic acids is 1. The fourth-order valence-electron chi connectivity index (χ4n) is 1.46. The third-order valence-corrected chi connectivity index (χ3v) is 2.34. The molecule has 0 atom stereocenters. The van der Waals surface area contributed by atoms with Crippen LogP contribution in [0.15, 0.2) is 36.9 Å². The average Bonchev–Trinajstić information content (AvgIpc) is 2.39. The van der Waals surface area contributed by atoms with Gasteiger partial charge in [0.05, 0.1) is 16.8 Å². The number of nitrogens with one attached hydrogen (secondary N) is 1. The quantitative estimate of drug-likeness (QED) is 0.707. The summed E-state index contributed by atoms with van der Waals surface area (Å²) in [6, 6.07) is 4.16. The summed E-state index contributed by atoms with van der Waals surface area (Å²) in [6.45, 7) is 0. The lowest BCUT2D eigenvalue weighted by Crippen LogP contribution is -2.15. The van der Waals surface area contributed by atoms with Gasteiger partial charge >= 0.3 is 5.97 Å². The van der Waals surface area contributed by atoms with Crippen molar-refractivity contribution in [3.63, 3.8) is 0 Å². The van der Waals surface area contributed by atoms with E-state index in [0.717, 1.165) is 0 Å². The van der Waals surface area contributed by atoms with E-state index in [4.69, 9.17) is 10.8 Å². The number of benzene rings is 1. The molecule has 0 spiro atoms. The molecule has 1 aromatic heterocycles. The normalized spacial score (nSPS) is 9.89. The van der Waals surface area contributed by atoms with E-state index < -0.39 is 11.9 Å². The van der Waals surface area contributed by atoms with Crippen LogP contribution in [0.5, 0.6) is 0 Å².